The minimum Gasteiger partial charge on any atom is -0.490 e. The molecule has 3 aromatic carbocycles. The van der Waals surface area contributed by atoms with Crippen molar-refractivity contribution in [2.45, 2.75) is 52.3 Å². The number of aromatic nitrogens is 1. The number of aliphatic hydroxyl groups is 2. The highest BCUT2D eigenvalue weighted by Crippen LogP contribution is 2.38. The predicted octanol–water partition coefficient (Wildman–Crippen LogP) is 4.55. The monoisotopic (exact) mass is 572 g/mol. The molecule has 0 aliphatic rings. The maximum absolute atomic E-state index is 12.0. The van der Waals surface area contributed by atoms with Gasteiger partial charge < -0.3 is 36.1 Å². The first-order valence-electron chi connectivity index (χ1n) is 14.3. The van der Waals surface area contributed by atoms with Crippen LogP contribution in [0.3, 0.4) is 0 Å². The number of hydrogen-bond acceptors (Lipinski definition) is 8. The number of rotatable bonds is 15. The number of anilines is 2. The zero-order valence-corrected chi connectivity index (χ0v) is 24.4. The van der Waals surface area contributed by atoms with E-state index in [2.05, 4.69) is 22.5 Å². The Bertz CT molecular complexity index is 1500. The molecule has 0 unspecified atom stereocenters. The van der Waals surface area contributed by atoms with E-state index < -0.39 is 18.1 Å². The van der Waals surface area contributed by atoms with E-state index in [4.69, 9.17) is 15.2 Å². The standard InChI is InChI=1S/C33H40N4O5/c1-4-24-22(18-36-28(20-38)33(40)21-11-8-7-9-12-21)13-10-14-26(24)37-32-23(15-31(34)39)19-35-27-17-30(42-6-3)29(41-5-2)16-25(27)32/h7-14,16-17,19,28,33,36,38,40H,4-6,15,18,20H2,1-3H3,(H2,34,39)(H,35,37)/t28-,33-/m1/s1. The summed E-state index contributed by atoms with van der Waals surface area (Å²) < 4.78 is 11.7. The molecular formula is C33H40N4O5. The molecule has 0 radical (unpaired) electrons. The van der Waals surface area contributed by atoms with Gasteiger partial charge in [-0.3, -0.25) is 9.78 Å². The molecule has 1 heterocycles. The van der Waals surface area contributed by atoms with Crippen LogP contribution >= 0.6 is 0 Å². The lowest BCUT2D eigenvalue weighted by Crippen LogP contribution is -2.37. The number of nitrogens with one attached hydrogen (secondary N) is 2. The van der Waals surface area contributed by atoms with E-state index in [0.29, 0.717) is 42.3 Å². The van der Waals surface area contributed by atoms with Crippen LogP contribution in [0, 0.1) is 0 Å². The summed E-state index contributed by atoms with van der Waals surface area (Å²) in [6.45, 7) is 7.06. The van der Waals surface area contributed by atoms with Crippen molar-refractivity contribution in [1.82, 2.24) is 10.3 Å². The Labute approximate surface area is 246 Å². The van der Waals surface area contributed by atoms with E-state index in [1.165, 1.54) is 0 Å². The molecule has 0 aliphatic carbocycles. The van der Waals surface area contributed by atoms with Gasteiger partial charge in [0, 0.05) is 35.4 Å². The Balaban J connectivity index is 1.70. The van der Waals surface area contributed by atoms with E-state index in [1.54, 1.807) is 6.20 Å². The second-order valence-corrected chi connectivity index (χ2v) is 9.93. The molecule has 4 rings (SSSR count). The average molecular weight is 573 g/mol. The van der Waals surface area contributed by atoms with Crippen LogP contribution in [0.15, 0.2) is 66.9 Å². The molecule has 0 saturated heterocycles. The number of carbonyl (C=O) groups is 1. The summed E-state index contributed by atoms with van der Waals surface area (Å²) in [6.07, 6.45) is 1.54. The van der Waals surface area contributed by atoms with Crippen LogP contribution in [0.2, 0.25) is 0 Å². The molecule has 1 amide bonds. The van der Waals surface area contributed by atoms with Gasteiger partial charge in [0.2, 0.25) is 5.91 Å². The first-order valence-corrected chi connectivity index (χ1v) is 14.3. The van der Waals surface area contributed by atoms with E-state index >= 15 is 0 Å². The fourth-order valence-electron chi connectivity index (χ4n) is 5.12. The molecule has 0 aliphatic heterocycles. The first-order chi connectivity index (χ1) is 20.4. The number of hydrogen-bond donors (Lipinski definition) is 5. The van der Waals surface area contributed by atoms with Crippen molar-refractivity contribution in [3.8, 4) is 11.5 Å². The molecule has 6 N–H and O–H groups in total. The maximum Gasteiger partial charge on any atom is 0.221 e. The Hall–Kier alpha value is -4.18. The Morgan fingerprint density at radius 3 is 2.33 bits per heavy atom. The molecule has 2 atom stereocenters. The topological polar surface area (TPSA) is 139 Å². The van der Waals surface area contributed by atoms with Crippen LogP contribution in [0.25, 0.3) is 10.9 Å². The maximum atomic E-state index is 12.0. The normalized spacial score (nSPS) is 12.6. The summed E-state index contributed by atoms with van der Waals surface area (Å²) in [5.74, 6) is 0.732. The number of primary amides is 1. The van der Waals surface area contributed by atoms with Gasteiger partial charge in [-0.05, 0) is 49.1 Å². The fraction of sp³-hybridized carbons (Fsp3) is 0.333. The number of carbonyl (C=O) groups excluding carboxylic acids is 1. The van der Waals surface area contributed by atoms with Gasteiger partial charge in [-0.15, -0.1) is 0 Å². The van der Waals surface area contributed by atoms with Gasteiger partial charge in [0.15, 0.2) is 11.5 Å². The number of ether oxygens (including phenoxy) is 2. The van der Waals surface area contributed by atoms with Gasteiger partial charge in [-0.25, -0.2) is 0 Å². The highest BCUT2D eigenvalue weighted by molar-refractivity contribution is 5.98. The summed E-state index contributed by atoms with van der Waals surface area (Å²) in [6, 6.07) is 18.5. The Kier molecular flexibility index (Phi) is 10.7. The number of nitrogens with two attached hydrogens (primary N) is 1. The molecule has 9 heteroatoms. The van der Waals surface area contributed by atoms with Crippen molar-refractivity contribution in [2.75, 3.05) is 25.1 Å². The zero-order chi connectivity index (χ0) is 30.1. The summed E-state index contributed by atoms with van der Waals surface area (Å²) >= 11 is 0. The lowest BCUT2D eigenvalue weighted by Gasteiger charge is -2.24. The number of pyridine rings is 1. The minimum atomic E-state index is -0.858. The van der Waals surface area contributed by atoms with Crippen molar-refractivity contribution < 1.29 is 24.5 Å². The van der Waals surface area contributed by atoms with Crippen LogP contribution < -0.4 is 25.8 Å². The van der Waals surface area contributed by atoms with Crippen molar-refractivity contribution in [2.24, 2.45) is 5.73 Å². The number of amides is 1. The van der Waals surface area contributed by atoms with Crippen LogP contribution in [0.1, 0.15) is 49.1 Å². The molecule has 1 aromatic heterocycles. The first kappa shape index (κ1) is 30.8. The smallest absolute Gasteiger partial charge is 0.221 e. The molecule has 0 spiro atoms. The minimum absolute atomic E-state index is 0.0146. The van der Waals surface area contributed by atoms with Gasteiger partial charge in [0.1, 0.15) is 0 Å². The molecule has 0 fully saturated rings. The molecule has 0 bridgehead atoms. The lowest BCUT2D eigenvalue weighted by atomic mass is 9.99. The van der Waals surface area contributed by atoms with Crippen molar-refractivity contribution in [3.63, 3.8) is 0 Å². The third-order valence-electron chi connectivity index (χ3n) is 7.14. The van der Waals surface area contributed by atoms with Crippen molar-refractivity contribution in [3.05, 3.63) is 89.1 Å². The molecule has 222 valence electrons. The fourth-order valence-corrected chi connectivity index (χ4v) is 5.12. The van der Waals surface area contributed by atoms with Crippen LogP contribution in [-0.2, 0) is 24.2 Å². The highest BCUT2D eigenvalue weighted by Gasteiger charge is 2.21. The van der Waals surface area contributed by atoms with Crippen molar-refractivity contribution >= 4 is 28.2 Å². The molecular weight excluding hydrogens is 532 g/mol. The van der Waals surface area contributed by atoms with Crippen LogP contribution in [-0.4, -0.2) is 47.0 Å². The molecule has 42 heavy (non-hydrogen) atoms. The highest BCUT2D eigenvalue weighted by atomic mass is 16.5. The Morgan fingerprint density at radius 1 is 0.976 bits per heavy atom. The number of aliphatic hydroxyl groups excluding tert-OH is 2. The van der Waals surface area contributed by atoms with Gasteiger partial charge in [0.25, 0.3) is 0 Å². The Morgan fingerprint density at radius 2 is 1.69 bits per heavy atom. The zero-order valence-electron chi connectivity index (χ0n) is 24.4. The molecule has 4 aromatic rings. The SMILES string of the molecule is CCOc1cc2ncc(CC(N)=O)c(Nc3cccc(CN[C@H](CO)[C@H](O)c4ccccc4)c3CC)c2cc1OCC. The van der Waals surface area contributed by atoms with E-state index in [1.807, 2.05) is 74.5 Å². The van der Waals surface area contributed by atoms with Crippen LogP contribution in [0.5, 0.6) is 11.5 Å². The number of nitrogens with zero attached hydrogens (tertiary/aromatic N) is 1. The quantitative estimate of drug-likeness (QED) is 0.140. The van der Waals surface area contributed by atoms with Gasteiger partial charge in [-0.1, -0.05) is 49.4 Å². The summed E-state index contributed by atoms with van der Waals surface area (Å²) in [4.78, 5) is 16.6. The van der Waals surface area contributed by atoms with Gasteiger partial charge in [0.05, 0.1) is 49.6 Å². The van der Waals surface area contributed by atoms with E-state index in [-0.39, 0.29) is 13.0 Å². The average Bonchev–Trinajstić information content (AvgIpc) is 2.99. The largest absolute Gasteiger partial charge is 0.490 e. The second-order valence-electron chi connectivity index (χ2n) is 9.93. The summed E-state index contributed by atoms with van der Waals surface area (Å²) in [5.41, 5.74) is 11.4. The van der Waals surface area contributed by atoms with Gasteiger partial charge in [-0.2, -0.15) is 0 Å². The summed E-state index contributed by atoms with van der Waals surface area (Å²) in [5, 5.41) is 28.6. The molecule has 9 nitrogen and oxygen atoms in total. The summed E-state index contributed by atoms with van der Waals surface area (Å²) in [7, 11) is 0. The van der Waals surface area contributed by atoms with Crippen molar-refractivity contribution in [1.29, 1.82) is 0 Å². The number of benzene rings is 3. The van der Waals surface area contributed by atoms with Gasteiger partial charge >= 0.3 is 0 Å². The third-order valence-corrected chi connectivity index (χ3v) is 7.14. The third kappa shape index (κ3) is 7.17. The van der Waals surface area contributed by atoms with E-state index in [9.17, 15) is 15.0 Å². The van der Waals surface area contributed by atoms with E-state index in [0.717, 1.165) is 39.9 Å². The predicted molar refractivity (Wildman–Crippen MR) is 165 cm³/mol. The van der Waals surface area contributed by atoms with Crippen LogP contribution in [0.4, 0.5) is 11.4 Å². The second kappa shape index (κ2) is 14.6. The number of fused-ring (bicyclic) bond motifs is 1. The molecule has 0 saturated carbocycles. The lowest BCUT2D eigenvalue weighted by molar-refractivity contribution is -0.117.